The topological polar surface area (TPSA) is 98.8 Å². The number of hydrogen-bond donors (Lipinski definition) is 4. The lowest BCUT2D eigenvalue weighted by Gasteiger charge is -2.19. The van der Waals surface area contributed by atoms with Crippen molar-refractivity contribution in [3.8, 4) is 0 Å². The zero-order valence-electron chi connectivity index (χ0n) is 8.98. The van der Waals surface area contributed by atoms with E-state index in [9.17, 15) is 4.79 Å². The summed E-state index contributed by atoms with van der Waals surface area (Å²) in [5.74, 6) is 4.77. The molecule has 0 atom stereocenters. The molecule has 0 aromatic carbocycles. The Labute approximate surface area is 90.0 Å². The number of nitrogens with zero attached hydrogens (tertiary/aromatic N) is 1. The van der Waals surface area contributed by atoms with Crippen LogP contribution in [0.25, 0.3) is 0 Å². The summed E-state index contributed by atoms with van der Waals surface area (Å²) < 4.78 is 0. The Balaban J connectivity index is 3.48. The van der Waals surface area contributed by atoms with E-state index in [4.69, 9.17) is 16.1 Å². The predicted octanol–water partition coefficient (Wildman–Crippen LogP) is -1.57. The normalized spacial score (nSPS) is 10.7. The molecule has 0 spiro atoms. The van der Waals surface area contributed by atoms with Crippen LogP contribution in [0, 0.1) is 0 Å². The molecular weight excluding hydrogens is 198 g/mol. The van der Waals surface area contributed by atoms with E-state index < -0.39 is 0 Å². The Bertz CT molecular complexity index is 161. The van der Waals surface area contributed by atoms with Gasteiger partial charge in [-0.1, -0.05) is 0 Å². The number of aliphatic hydroxyl groups excluding tert-OH is 2. The summed E-state index contributed by atoms with van der Waals surface area (Å²) in [5, 5.41) is 17.5. The fourth-order valence-electron chi connectivity index (χ4n) is 1.31. The zero-order valence-corrected chi connectivity index (χ0v) is 8.98. The molecule has 6 heteroatoms. The molecule has 0 radical (unpaired) electrons. The number of aliphatic hydroxyl groups is 2. The third-order valence-electron chi connectivity index (χ3n) is 2.12. The van der Waals surface area contributed by atoms with E-state index in [2.05, 4.69) is 5.43 Å². The Morgan fingerprint density at radius 1 is 1.13 bits per heavy atom. The van der Waals surface area contributed by atoms with Crippen molar-refractivity contribution < 1.29 is 15.0 Å². The van der Waals surface area contributed by atoms with Crippen LogP contribution in [0.2, 0.25) is 0 Å². The minimum Gasteiger partial charge on any atom is -0.395 e. The highest BCUT2D eigenvalue weighted by atomic mass is 16.3. The number of unbranched alkanes of at least 4 members (excludes halogenated alkanes) is 1. The van der Waals surface area contributed by atoms with Crippen LogP contribution in [-0.4, -0.2) is 53.9 Å². The molecule has 6 nitrogen and oxygen atoms in total. The van der Waals surface area contributed by atoms with Crippen LogP contribution in [0.3, 0.4) is 0 Å². The molecule has 90 valence electrons. The highest BCUT2D eigenvalue weighted by Gasteiger charge is 2.03. The number of nitrogens with one attached hydrogen (secondary N) is 1. The minimum atomic E-state index is -0.161. The molecule has 0 fully saturated rings. The van der Waals surface area contributed by atoms with Gasteiger partial charge >= 0.3 is 0 Å². The molecule has 0 saturated carbocycles. The molecule has 5 N–H and O–H groups in total. The molecule has 1 amide bonds. The van der Waals surface area contributed by atoms with E-state index in [-0.39, 0.29) is 19.1 Å². The van der Waals surface area contributed by atoms with Crippen molar-refractivity contribution in [3.63, 3.8) is 0 Å². The van der Waals surface area contributed by atoms with Crippen LogP contribution < -0.4 is 11.3 Å². The fourth-order valence-corrected chi connectivity index (χ4v) is 1.31. The summed E-state index contributed by atoms with van der Waals surface area (Å²) in [4.78, 5) is 12.7. The Morgan fingerprint density at radius 3 is 2.20 bits per heavy atom. The van der Waals surface area contributed by atoms with Gasteiger partial charge in [0.15, 0.2) is 0 Å². The minimum absolute atomic E-state index is 0.0866. The van der Waals surface area contributed by atoms with Gasteiger partial charge in [0.1, 0.15) is 0 Å². The van der Waals surface area contributed by atoms with Gasteiger partial charge in [0, 0.05) is 19.5 Å². The molecule has 0 heterocycles. The molecule has 0 aromatic heterocycles. The third kappa shape index (κ3) is 8.31. The van der Waals surface area contributed by atoms with Gasteiger partial charge in [0.05, 0.1) is 13.2 Å². The molecule has 0 saturated heterocycles. The van der Waals surface area contributed by atoms with Crippen molar-refractivity contribution in [2.24, 2.45) is 5.84 Å². The lowest BCUT2D eigenvalue weighted by molar-refractivity contribution is -0.121. The van der Waals surface area contributed by atoms with E-state index in [0.29, 0.717) is 19.5 Å². The van der Waals surface area contributed by atoms with Crippen molar-refractivity contribution in [2.75, 3.05) is 32.8 Å². The van der Waals surface area contributed by atoms with Crippen LogP contribution in [0.5, 0.6) is 0 Å². The Kier molecular flexibility index (Phi) is 9.40. The molecule has 0 unspecified atom stereocenters. The standard InChI is InChI=1S/C9H21N3O3/c10-11-9(15)3-1-2-4-12(5-7-13)6-8-14/h13-14H,1-8,10H2,(H,11,15). The second kappa shape index (κ2) is 9.85. The van der Waals surface area contributed by atoms with Crippen LogP contribution in [-0.2, 0) is 4.79 Å². The van der Waals surface area contributed by atoms with E-state index in [0.717, 1.165) is 19.4 Å². The average molecular weight is 219 g/mol. The third-order valence-corrected chi connectivity index (χ3v) is 2.12. The SMILES string of the molecule is NNC(=O)CCCCN(CCO)CCO. The maximum atomic E-state index is 10.8. The number of hydrazine groups is 1. The van der Waals surface area contributed by atoms with Crippen LogP contribution in [0.4, 0.5) is 0 Å². The maximum absolute atomic E-state index is 10.8. The highest BCUT2D eigenvalue weighted by Crippen LogP contribution is 1.98. The first-order valence-electron chi connectivity index (χ1n) is 5.18. The molecule has 0 bridgehead atoms. The van der Waals surface area contributed by atoms with Gasteiger partial charge in [-0.05, 0) is 19.4 Å². The number of carbonyl (C=O) groups is 1. The highest BCUT2D eigenvalue weighted by molar-refractivity contribution is 5.74. The number of amides is 1. The van der Waals surface area contributed by atoms with Gasteiger partial charge in [-0.25, -0.2) is 5.84 Å². The van der Waals surface area contributed by atoms with Gasteiger partial charge in [0.2, 0.25) is 5.91 Å². The first-order valence-corrected chi connectivity index (χ1v) is 5.18. The lowest BCUT2D eigenvalue weighted by atomic mass is 10.2. The number of hydrogen-bond acceptors (Lipinski definition) is 5. The van der Waals surface area contributed by atoms with Gasteiger partial charge < -0.3 is 10.2 Å². The second-order valence-corrected chi connectivity index (χ2v) is 3.31. The van der Waals surface area contributed by atoms with E-state index >= 15 is 0 Å². The number of nitrogens with two attached hydrogens (primary N) is 1. The first-order chi connectivity index (χ1) is 7.24. The fraction of sp³-hybridized carbons (Fsp3) is 0.889. The summed E-state index contributed by atoms with van der Waals surface area (Å²) in [5.41, 5.74) is 2.07. The van der Waals surface area contributed by atoms with Gasteiger partial charge in [0.25, 0.3) is 0 Å². The van der Waals surface area contributed by atoms with Crippen molar-refractivity contribution in [1.29, 1.82) is 0 Å². The number of rotatable bonds is 9. The van der Waals surface area contributed by atoms with Crippen molar-refractivity contribution in [1.82, 2.24) is 10.3 Å². The quantitative estimate of drug-likeness (QED) is 0.163. The van der Waals surface area contributed by atoms with Crippen LogP contribution in [0.15, 0.2) is 0 Å². The van der Waals surface area contributed by atoms with Gasteiger partial charge in [-0.2, -0.15) is 0 Å². The van der Waals surface area contributed by atoms with Gasteiger partial charge in [-0.15, -0.1) is 0 Å². The van der Waals surface area contributed by atoms with Crippen LogP contribution in [0.1, 0.15) is 19.3 Å². The number of carbonyl (C=O) groups excluding carboxylic acids is 1. The molecular formula is C9H21N3O3. The summed E-state index contributed by atoms with van der Waals surface area (Å²) in [6.07, 6.45) is 2.03. The summed E-state index contributed by atoms with van der Waals surface area (Å²) in [6, 6.07) is 0. The predicted molar refractivity (Wildman–Crippen MR) is 56.8 cm³/mol. The van der Waals surface area contributed by atoms with Gasteiger partial charge in [-0.3, -0.25) is 15.1 Å². The molecule has 0 aromatic rings. The molecule has 0 rings (SSSR count). The largest absolute Gasteiger partial charge is 0.395 e. The molecule has 0 aliphatic carbocycles. The first kappa shape index (κ1) is 14.3. The maximum Gasteiger partial charge on any atom is 0.233 e. The average Bonchev–Trinajstić information content (AvgIpc) is 2.24. The second-order valence-electron chi connectivity index (χ2n) is 3.31. The van der Waals surface area contributed by atoms with Crippen molar-refractivity contribution in [3.05, 3.63) is 0 Å². The lowest BCUT2D eigenvalue weighted by Crippen LogP contribution is -2.32. The zero-order chi connectivity index (χ0) is 11.5. The smallest absolute Gasteiger partial charge is 0.233 e. The molecule has 0 aliphatic heterocycles. The van der Waals surface area contributed by atoms with Crippen LogP contribution >= 0.6 is 0 Å². The van der Waals surface area contributed by atoms with E-state index in [1.54, 1.807) is 0 Å². The summed E-state index contributed by atoms with van der Waals surface area (Å²) in [7, 11) is 0. The molecule has 15 heavy (non-hydrogen) atoms. The monoisotopic (exact) mass is 219 g/mol. The van der Waals surface area contributed by atoms with Crippen molar-refractivity contribution in [2.45, 2.75) is 19.3 Å². The summed E-state index contributed by atoms with van der Waals surface area (Å²) in [6.45, 7) is 2.07. The Hall–Kier alpha value is -0.690. The van der Waals surface area contributed by atoms with E-state index in [1.165, 1.54) is 0 Å². The summed E-state index contributed by atoms with van der Waals surface area (Å²) >= 11 is 0. The van der Waals surface area contributed by atoms with Crippen molar-refractivity contribution >= 4 is 5.91 Å². The molecule has 0 aliphatic rings. The Morgan fingerprint density at radius 2 is 1.73 bits per heavy atom. The van der Waals surface area contributed by atoms with E-state index in [1.807, 2.05) is 4.90 Å².